The topological polar surface area (TPSA) is 72.8 Å². The van der Waals surface area contributed by atoms with Gasteiger partial charge in [-0.2, -0.15) is 0 Å². The van der Waals surface area contributed by atoms with E-state index in [1.807, 2.05) is 20.8 Å². The highest BCUT2D eigenvalue weighted by Crippen LogP contribution is 2.26. The summed E-state index contributed by atoms with van der Waals surface area (Å²) in [4.78, 5) is 22.2. The Bertz CT molecular complexity index is 258. The summed E-state index contributed by atoms with van der Waals surface area (Å²) in [6.45, 7) is 6.61. The molecule has 1 atom stereocenters. The van der Waals surface area contributed by atoms with Crippen LogP contribution in [0.25, 0.3) is 0 Å². The summed E-state index contributed by atoms with van der Waals surface area (Å²) in [5, 5.41) is 9.40. The van der Waals surface area contributed by atoms with Crippen LogP contribution < -0.4 is 0 Å². The summed E-state index contributed by atoms with van der Waals surface area (Å²) in [6, 6.07) is 0. The molecule has 1 N–H and O–H groups in total. The third-order valence-corrected chi connectivity index (χ3v) is 2.94. The number of rotatable bonds is 7. The van der Waals surface area contributed by atoms with Crippen LogP contribution in [0, 0.1) is 5.41 Å². The van der Waals surface area contributed by atoms with Crippen LogP contribution >= 0.6 is 0 Å². The van der Waals surface area contributed by atoms with E-state index in [9.17, 15) is 14.7 Å². The van der Waals surface area contributed by atoms with Crippen LogP contribution in [0.4, 0.5) is 0 Å². The van der Waals surface area contributed by atoms with Crippen molar-refractivity contribution in [2.75, 3.05) is 13.2 Å². The van der Waals surface area contributed by atoms with E-state index >= 15 is 0 Å². The second-order valence-electron chi connectivity index (χ2n) is 4.32. The molecule has 0 saturated heterocycles. The lowest BCUT2D eigenvalue weighted by atomic mass is 9.85. The van der Waals surface area contributed by atoms with Gasteiger partial charge in [0.05, 0.1) is 5.41 Å². The van der Waals surface area contributed by atoms with Crippen molar-refractivity contribution >= 4 is 11.9 Å². The van der Waals surface area contributed by atoms with Crippen LogP contribution in [0.3, 0.4) is 0 Å². The second kappa shape index (κ2) is 7.27. The smallest absolute Gasteiger partial charge is 0.311 e. The van der Waals surface area contributed by atoms with Crippen molar-refractivity contribution in [2.24, 2.45) is 5.41 Å². The van der Waals surface area contributed by atoms with Gasteiger partial charge in [0.15, 0.2) is 0 Å². The van der Waals surface area contributed by atoms with Crippen LogP contribution in [-0.4, -0.2) is 36.4 Å². The molecule has 0 saturated carbocycles. The molecule has 17 heavy (non-hydrogen) atoms. The second-order valence-corrected chi connectivity index (χ2v) is 4.32. The zero-order valence-corrected chi connectivity index (χ0v) is 11.0. The van der Waals surface area contributed by atoms with Crippen LogP contribution in [0.1, 0.15) is 40.5 Å². The molecule has 0 spiro atoms. The molecule has 0 aliphatic heterocycles. The highest BCUT2D eigenvalue weighted by atomic mass is 16.6. The molecule has 0 amide bonds. The van der Waals surface area contributed by atoms with E-state index in [4.69, 9.17) is 4.74 Å². The van der Waals surface area contributed by atoms with Crippen molar-refractivity contribution in [2.45, 2.75) is 46.6 Å². The number of aliphatic hydroxyl groups excluding tert-OH is 1. The molecule has 0 bridgehead atoms. The van der Waals surface area contributed by atoms with Crippen molar-refractivity contribution in [1.29, 1.82) is 0 Å². The molecule has 0 rings (SSSR count). The van der Waals surface area contributed by atoms with E-state index in [1.165, 1.54) is 6.92 Å². The summed E-state index contributed by atoms with van der Waals surface area (Å²) in [5.74, 6) is -0.799. The summed E-state index contributed by atoms with van der Waals surface area (Å²) >= 11 is 0. The number of esters is 2. The molecule has 0 heterocycles. The average Bonchev–Trinajstić information content (AvgIpc) is 2.32. The first-order valence-corrected chi connectivity index (χ1v) is 5.84. The Morgan fingerprint density at radius 3 is 2.06 bits per heavy atom. The number of hydrogen-bond acceptors (Lipinski definition) is 5. The highest BCUT2D eigenvalue weighted by Gasteiger charge is 2.31. The predicted molar refractivity (Wildman–Crippen MR) is 62.3 cm³/mol. The van der Waals surface area contributed by atoms with Gasteiger partial charge in [0, 0.05) is 6.92 Å². The first kappa shape index (κ1) is 15.9. The third-order valence-electron chi connectivity index (χ3n) is 2.94. The van der Waals surface area contributed by atoms with Gasteiger partial charge in [0.25, 0.3) is 0 Å². The fourth-order valence-corrected chi connectivity index (χ4v) is 1.15. The Morgan fingerprint density at radius 2 is 1.65 bits per heavy atom. The average molecular weight is 246 g/mol. The van der Waals surface area contributed by atoms with Crippen LogP contribution in [0.2, 0.25) is 0 Å². The number of ether oxygens (including phenoxy) is 2. The molecular formula is C12H22O5. The molecule has 0 aliphatic rings. The minimum absolute atomic E-state index is 0.151. The van der Waals surface area contributed by atoms with Gasteiger partial charge >= 0.3 is 11.9 Å². The molecule has 5 nitrogen and oxygen atoms in total. The monoisotopic (exact) mass is 246 g/mol. The van der Waals surface area contributed by atoms with Gasteiger partial charge < -0.3 is 14.6 Å². The summed E-state index contributed by atoms with van der Waals surface area (Å²) in [7, 11) is 0. The van der Waals surface area contributed by atoms with Gasteiger partial charge in [-0.15, -0.1) is 0 Å². The summed E-state index contributed by atoms with van der Waals surface area (Å²) in [6.07, 6.45) is 0.394. The molecule has 5 heteroatoms. The lowest BCUT2D eigenvalue weighted by molar-refractivity contribution is -0.160. The van der Waals surface area contributed by atoms with Gasteiger partial charge in [-0.05, 0) is 19.8 Å². The quantitative estimate of drug-likeness (QED) is 0.685. The predicted octanol–water partition coefficient (Wildman–Crippen LogP) is 1.28. The maximum atomic E-state index is 11.7. The molecule has 0 aromatic heterocycles. The fraction of sp³-hybridized carbons (Fsp3) is 0.833. The molecule has 1 unspecified atom stereocenters. The first-order chi connectivity index (χ1) is 7.85. The Kier molecular flexibility index (Phi) is 6.80. The normalized spacial score (nSPS) is 13.0. The van der Waals surface area contributed by atoms with Gasteiger partial charge in [-0.1, -0.05) is 13.8 Å². The minimum atomic E-state index is -0.971. The zero-order chi connectivity index (χ0) is 13.5. The van der Waals surface area contributed by atoms with E-state index in [0.717, 1.165) is 0 Å². The Balaban J connectivity index is 4.02. The highest BCUT2D eigenvalue weighted by molar-refractivity contribution is 5.76. The van der Waals surface area contributed by atoms with Crippen molar-refractivity contribution in [3.8, 4) is 0 Å². The van der Waals surface area contributed by atoms with Gasteiger partial charge in [0.1, 0.15) is 19.3 Å². The number of hydrogen-bond donors (Lipinski definition) is 1. The van der Waals surface area contributed by atoms with Crippen LogP contribution in [-0.2, 0) is 19.1 Å². The van der Waals surface area contributed by atoms with E-state index in [2.05, 4.69) is 4.74 Å². The standard InChI is InChI=1S/C12H22O5/c1-5-12(4,6-2)11(15)17-8-10(14)7-16-9(3)13/h10,14H,5-8H2,1-4H3. The Morgan fingerprint density at radius 1 is 1.18 bits per heavy atom. The van der Waals surface area contributed by atoms with Gasteiger partial charge in [-0.3, -0.25) is 9.59 Å². The Labute approximate surface area is 102 Å². The molecular weight excluding hydrogens is 224 g/mol. The minimum Gasteiger partial charge on any atom is -0.463 e. The van der Waals surface area contributed by atoms with E-state index < -0.39 is 17.5 Å². The van der Waals surface area contributed by atoms with E-state index in [1.54, 1.807) is 0 Å². The van der Waals surface area contributed by atoms with Crippen molar-refractivity contribution in [3.63, 3.8) is 0 Å². The number of carbonyl (C=O) groups is 2. The van der Waals surface area contributed by atoms with Crippen molar-refractivity contribution < 1.29 is 24.2 Å². The summed E-state index contributed by atoms with van der Waals surface area (Å²) < 4.78 is 9.60. The lowest BCUT2D eigenvalue weighted by Gasteiger charge is -2.24. The van der Waals surface area contributed by atoms with E-state index in [0.29, 0.717) is 12.8 Å². The Hall–Kier alpha value is -1.10. The number of aliphatic hydroxyl groups is 1. The van der Waals surface area contributed by atoms with Crippen LogP contribution in [0.5, 0.6) is 0 Å². The maximum Gasteiger partial charge on any atom is 0.311 e. The SMILES string of the molecule is CCC(C)(CC)C(=O)OCC(O)COC(C)=O. The molecule has 0 aromatic carbocycles. The lowest BCUT2D eigenvalue weighted by Crippen LogP contribution is -2.32. The fourth-order valence-electron chi connectivity index (χ4n) is 1.15. The van der Waals surface area contributed by atoms with Crippen molar-refractivity contribution in [3.05, 3.63) is 0 Å². The largest absolute Gasteiger partial charge is 0.463 e. The first-order valence-electron chi connectivity index (χ1n) is 5.84. The molecule has 0 fully saturated rings. The zero-order valence-electron chi connectivity index (χ0n) is 11.0. The maximum absolute atomic E-state index is 11.7. The van der Waals surface area contributed by atoms with E-state index in [-0.39, 0.29) is 19.2 Å². The van der Waals surface area contributed by atoms with Crippen molar-refractivity contribution in [1.82, 2.24) is 0 Å². The molecule has 0 aliphatic carbocycles. The van der Waals surface area contributed by atoms with Gasteiger partial charge in [-0.25, -0.2) is 0 Å². The molecule has 100 valence electrons. The molecule has 0 radical (unpaired) electrons. The number of carbonyl (C=O) groups excluding carboxylic acids is 2. The molecule has 0 aromatic rings. The van der Waals surface area contributed by atoms with Gasteiger partial charge in [0.2, 0.25) is 0 Å². The van der Waals surface area contributed by atoms with Crippen LogP contribution in [0.15, 0.2) is 0 Å². The summed E-state index contributed by atoms with van der Waals surface area (Å²) in [5.41, 5.74) is -0.513. The third kappa shape index (κ3) is 5.68.